The summed E-state index contributed by atoms with van der Waals surface area (Å²) in [4.78, 5) is 28.4. The molecule has 0 radical (unpaired) electrons. The molecule has 8 heteroatoms. The Labute approximate surface area is 226 Å². The van der Waals surface area contributed by atoms with Gasteiger partial charge in [-0.15, -0.1) is 0 Å². The summed E-state index contributed by atoms with van der Waals surface area (Å²) < 4.78 is 16.7. The number of piperidine rings is 2. The number of hydrogen-bond donors (Lipinski definition) is 0. The van der Waals surface area contributed by atoms with Crippen LogP contribution in [0.15, 0.2) is 28.8 Å². The summed E-state index contributed by atoms with van der Waals surface area (Å²) in [6.07, 6.45) is 7.90. The molecule has 1 amide bonds. The summed E-state index contributed by atoms with van der Waals surface area (Å²) in [6.45, 7) is 14.8. The molecular weight excluding hydrogens is 482 g/mol. The van der Waals surface area contributed by atoms with Gasteiger partial charge in [-0.2, -0.15) is 0 Å². The number of hydrogen-bond acceptors (Lipinski definition) is 7. The Morgan fingerprint density at radius 3 is 2.26 bits per heavy atom. The molecule has 0 aliphatic carbocycles. The maximum atomic E-state index is 12.3. The Morgan fingerprint density at radius 1 is 0.974 bits per heavy atom. The van der Waals surface area contributed by atoms with E-state index in [1.54, 1.807) is 4.90 Å². The molecule has 0 unspecified atom stereocenters. The minimum atomic E-state index is -0.466. The van der Waals surface area contributed by atoms with Crippen LogP contribution in [0, 0.1) is 5.92 Å². The highest BCUT2D eigenvalue weighted by atomic mass is 16.6. The van der Waals surface area contributed by atoms with Gasteiger partial charge in [0.05, 0.1) is 12.2 Å². The maximum absolute atomic E-state index is 12.3. The largest absolute Gasteiger partial charge is 0.459 e. The van der Waals surface area contributed by atoms with Gasteiger partial charge < -0.3 is 18.9 Å². The lowest BCUT2D eigenvalue weighted by molar-refractivity contribution is -0.156. The fourth-order valence-electron chi connectivity index (χ4n) is 5.14. The molecular formula is C30H43N3O5. The summed E-state index contributed by atoms with van der Waals surface area (Å²) in [5, 5.41) is 5.50. The number of amides is 1. The van der Waals surface area contributed by atoms with E-state index in [1.807, 2.05) is 41.5 Å². The number of ether oxygens (including phenoxy) is 2. The van der Waals surface area contributed by atoms with Gasteiger partial charge >= 0.3 is 12.1 Å². The monoisotopic (exact) mass is 525 g/mol. The predicted octanol–water partition coefficient (Wildman–Crippen LogP) is 6.01. The van der Waals surface area contributed by atoms with Gasteiger partial charge in [-0.3, -0.25) is 9.69 Å². The van der Waals surface area contributed by atoms with Crippen molar-refractivity contribution in [1.29, 1.82) is 0 Å². The fraction of sp³-hybridized carbons (Fsp3) is 0.633. The van der Waals surface area contributed by atoms with Crippen LogP contribution in [0.4, 0.5) is 4.79 Å². The number of likely N-dealkylation sites (tertiary alicyclic amines) is 2. The van der Waals surface area contributed by atoms with Crippen LogP contribution in [-0.4, -0.2) is 70.9 Å². The Morgan fingerprint density at radius 2 is 1.63 bits per heavy atom. The Balaban J connectivity index is 1.29. The third kappa shape index (κ3) is 7.82. The lowest BCUT2D eigenvalue weighted by Gasteiger charge is -2.32. The predicted molar refractivity (Wildman–Crippen MR) is 148 cm³/mol. The normalized spacial score (nSPS) is 18.8. The number of rotatable bonds is 5. The van der Waals surface area contributed by atoms with Crippen LogP contribution in [0.1, 0.15) is 84.4 Å². The number of esters is 1. The van der Waals surface area contributed by atoms with Crippen molar-refractivity contribution in [3.05, 3.63) is 35.5 Å². The minimum Gasteiger partial charge on any atom is -0.459 e. The van der Waals surface area contributed by atoms with Gasteiger partial charge in [0.25, 0.3) is 0 Å². The number of carbonyl (C=O) groups excluding carboxylic acids is 2. The smallest absolute Gasteiger partial charge is 0.410 e. The Hall–Kier alpha value is -2.87. The molecule has 2 aromatic rings. The standard InChI is InChI=1S/C30H43N3O5/c1-29(2,3)36-26(34)20-32-15-13-23(14-16-32)27-24-10-9-22(19-25(24)38-31-27)8-7-21-11-17-33(18-12-21)28(35)37-30(4,5)6/h7-10,19,21,23H,11-18,20H2,1-6H3/b8-7+. The van der Waals surface area contributed by atoms with E-state index in [1.165, 1.54) is 0 Å². The van der Waals surface area contributed by atoms with E-state index < -0.39 is 11.2 Å². The number of aromatic nitrogens is 1. The zero-order valence-electron chi connectivity index (χ0n) is 23.8. The molecule has 8 nitrogen and oxygen atoms in total. The first kappa shape index (κ1) is 28.1. The summed E-state index contributed by atoms with van der Waals surface area (Å²) in [6, 6.07) is 6.28. The van der Waals surface area contributed by atoms with Gasteiger partial charge in [-0.1, -0.05) is 23.4 Å². The lowest BCUT2D eigenvalue weighted by Crippen LogP contribution is -2.41. The fourth-order valence-corrected chi connectivity index (χ4v) is 5.14. The van der Waals surface area contributed by atoms with Crippen LogP contribution in [0.5, 0.6) is 0 Å². The van der Waals surface area contributed by atoms with Crippen LogP contribution in [0.25, 0.3) is 17.0 Å². The first-order valence-electron chi connectivity index (χ1n) is 13.9. The highest BCUT2D eigenvalue weighted by Gasteiger charge is 2.28. The first-order valence-corrected chi connectivity index (χ1v) is 13.9. The van der Waals surface area contributed by atoms with Gasteiger partial charge in [0.2, 0.25) is 0 Å². The highest BCUT2D eigenvalue weighted by molar-refractivity contribution is 5.82. The van der Waals surface area contributed by atoms with Crippen molar-refractivity contribution in [3.63, 3.8) is 0 Å². The quantitative estimate of drug-likeness (QED) is 0.442. The van der Waals surface area contributed by atoms with Crippen LogP contribution in [-0.2, 0) is 14.3 Å². The molecule has 0 N–H and O–H groups in total. The average Bonchev–Trinajstić information content (AvgIpc) is 3.24. The van der Waals surface area contributed by atoms with Gasteiger partial charge in [0.1, 0.15) is 11.2 Å². The summed E-state index contributed by atoms with van der Waals surface area (Å²) in [7, 11) is 0. The lowest BCUT2D eigenvalue weighted by atomic mass is 9.91. The van der Waals surface area contributed by atoms with E-state index in [-0.39, 0.29) is 12.1 Å². The minimum absolute atomic E-state index is 0.169. The molecule has 2 aliphatic rings. The van der Waals surface area contributed by atoms with Gasteiger partial charge in [-0.05, 0) is 104 Å². The second kappa shape index (κ2) is 11.5. The van der Waals surface area contributed by atoms with Gasteiger partial charge in [-0.25, -0.2) is 4.79 Å². The summed E-state index contributed by atoms with van der Waals surface area (Å²) >= 11 is 0. The number of fused-ring (bicyclic) bond motifs is 1. The Bertz CT molecular complexity index is 1140. The topological polar surface area (TPSA) is 85.1 Å². The van der Waals surface area contributed by atoms with Crippen molar-refractivity contribution >= 4 is 29.1 Å². The van der Waals surface area contributed by atoms with E-state index in [2.05, 4.69) is 40.4 Å². The molecule has 2 saturated heterocycles. The molecule has 0 saturated carbocycles. The molecule has 4 rings (SSSR count). The molecule has 1 aromatic heterocycles. The third-order valence-corrected chi connectivity index (χ3v) is 7.02. The van der Waals surface area contributed by atoms with E-state index >= 15 is 0 Å². The second-order valence-electron chi connectivity index (χ2n) is 12.6. The summed E-state index contributed by atoms with van der Waals surface area (Å²) in [5.41, 5.74) is 1.98. The second-order valence-corrected chi connectivity index (χ2v) is 12.6. The van der Waals surface area contributed by atoms with Crippen molar-refractivity contribution in [1.82, 2.24) is 15.0 Å². The van der Waals surface area contributed by atoms with Crippen molar-refractivity contribution < 1.29 is 23.6 Å². The number of allylic oxidation sites excluding steroid dienone is 1. The molecule has 0 spiro atoms. The average molecular weight is 526 g/mol. The van der Waals surface area contributed by atoms with E-state index in [0.717, 1.165) is 61.0 Å². The molecule has 2 fully saturated rings. The first-order chi connectivity index (χ1) is 17.9. The van der Waals surface area contributed by atoms with Crippen molar-refractivity contribution in [2.75, 3.05) is 32.7 Å². The number of carbonyl (C=O) groups is 2. The van der Waals surface area contributed by atoms with Crippen LogP contribution in [0.2, 0.25) is 0 Å². The van der Waals surface area contributed by atoms with Crippen molar-refractivity contribution in [2.45, 2.75) is 84.3 Å². The van der Waals surface area contributed by atoms with E-state index in [4.69, 9.17) is 14.0 Å². The Kier molecular flexibility index (Phi) is 8.50. The zero-order chi connectivity index (χ0) is 27.5. The molecule has 3 heterocycles. The van der Waals surface area contributed by atoms with Gasteiger partial charge in [0.15, 0.2) is 5.58 Å². The molecule has 2 aliphatic heterocycles. The molecule has 0 atom stereocenters. The molecule has 1 aromatic carbocycles. The zero-order valence-corrected chi connectivity index (χ0v) is 23.8. The van der Waals surface area contributed by atoms with E-state index in [0.29, 0.717) is 31.5 Å². The maximum Gasteiger partial charge on any atom is 0.410 e. The van der Waals surface area contributed by atoms with Crippen LogP contribution in [0.3, 0.4) is 0 Å². The third-order valence-electron chi connectivity index (χ3n) is 7.02. The highest BCUT2D eigenvalue weighted by Crippen LogP contribution is 2.33. The van der Waals surface area contributed by atoms with Crippen LogP contribution >= 0.6 is 0 Å². The van der Waals surface area contributed by atoms with Gasteiger partial charge in [0, 0.05) is 24.4 Å². The molecule has 38 heavy (non-hydrogen) atoms. The SMILES string of the molecule is CC(C)(C)OC(=O)CN1CCC(c2noc3cc(/C=C/C4CCN(C(=O)OC(C)(C)C)CC4)ccc23)CC1. The van der Waals surface area contributed by atoms with Crippen molar-refractivity contribution in [2.24, 2.45) is 5.92 Å². The summed E-state index contributed by atoms with van der Waals surface area (Å²) in [5.74, 6) is 0.584. The van der Waals surface area contributed by atoms with E-state index in [9.17, 15) is 9.59 Å². The molecule has 0 bridgehead atoms. The number of benzene rings is 1. The molecule has 208 valence electrons. The number of nitrogens with zero attached hydrogens (tertiary/aromatic N) is 3. The van der Waals surface area contributed by atoms with Crippen LogP contribution < -0.4 is 0 Å². The van der Waals surface area contributed by atoms with Crippen molar-refractivity contribution in [3.8, 4) is 0 Å².